The van der Waals surface area contributed by atoms with Crippen molar-refractivity contribution in [1.82, 2.24) is 20.0 Å². The summed E-state index contributed by atoms with van der Waals surface area (Å²) >= 11 is 3.01. The quantitative estimate of drug-likeness (QED) is 0.0233. The number of ether oxygens (including phenoxy) is 3. The third-order valence-corrected chi connectivity index (χ3v) is 9.57. The second-order valence-corrected chi connectivity index (χ2v) is 18.1. The van der Waals surface area contributed by atoms with Crippen molar-refractivity contribution in [2.45, 2.75) is 158 Å². The van der Waals surface area contributed by atoms with Crippen LogP contribution in [0.25, 0.3) is 20.9 Å². The normalized spacial score (nSPS) is 13.3. The van der Waals surface area contributed by atoms with E-state index in [0.29, 0.717) is 55.6 Å². The Morgan fingerprint density at radius 2 is 1.23 bits per heavy atom. The Kier molecular flexibility index (Phi) is 40.4. The maximum atomic E-state index is 12.8. The third-order valence-electron chi connectivity index (χ3n) is 9.24. The lowest BCUT2D eigenvalue weighted by atomic mass is 9.95. The molecule has 0 rings (SSSR count). The van der Waals surface area contributed by atoms with Gasteiger partial charge in [-0.25, -0.2) is 9.59 Å². The topological polar surface area (TPSA) is 235 Å². The SMILES string of the molecule is C#CCBr.C#CCOC(CN(C)C(=O)OC(C)(C)C)C(C)CN(C(=O)CCCN=[N+]=[N-])C(C)CC.CCC(C)NCC(C)C(C)CN(C)C(=O)OC(C)(C)C.[N-]=[N+]=NCCCC(=O)O. The molecule has 3 amide bonds. The zero-order valence-corrected chi connectivity index (χ0v) is 43.3. The molecule has 18 nitrogen and oxygen atoms in total. The summed E-state index contributed by atoms with van der Waals surface area (Å²) in [5, 5.41) is 18.9. The second-order valence-electron chi connectivity index (χ2n) is 17.6. The molecule has 0 spiro atoms. The Balaban J connectivity index is -0.000000461. The average molecular weight is 972 g/mol. The van der Waals surface area contributed by atoms with Gasteiger partial charge in [-0.1, -0.05) is 72.6 Å². The molecule has 0 aromatic heterocycles. The molecule has 0 saturated carbocycles. The predicted molar refractivity (Wildman–Crippen MR) is 260 cm³/mol. The van der Waals surface area contributed by atoms with E-state index < -0.39 is 23.3 Å². The number of terminal acetylenes is 2. The van der Waals surface area contributed by atoms with E-state index in [-0.39, 0.29) is 56.2 Å². The lowest BCUT2D eigenvalue weighted by Crippen LogP contribution is -2.47. The van der Waals surface area contributed by atoms with E-state index >= 15 is 0 Å². The van der Waals surface area contributed by atoms with E-state index in [1.54, 1.807) is 19.0 Å². The van der Waals surface area contributed by atoms with Crippen LogP contribution < -0.4 is 5.32 Å². The number of azide groups is 2. The van der Waals surface area contributed by atoms with Gasteiger partial charge in [0.1, 0.15) is 17.8 Å². The number of likely N-dealkylation sites (N-methyl/N-ethyl adjacent to an activating group) is 1. The fourth-order valence-electron chi connectivity index (χ4n) is 5.01. The summed E-state index contributed by atoms with van der Waals surface area (Å²) in [4.78, 5) is 57.1. The number of hydrogen-bond acceptors (Lipinski definition) is 10. The Morgan fingerprint density at radius 1 is 0.766 bits per heavy atom. The smallest absolute Gasteiger partial charge is 0.410 e. The summed E-state index contributed by atoms with van der Waals surface area (Å²) in [6.07, 6.45) is 12.3. The van der Waals surface area contributed by atoms with Gasteiger partial charge in [0.15, 0.2) is 0 Å². The van der Waals surface area contributed by atoms with Crippen LogP contribution in [0, 0.1) is 42.4 Å². The predicted octanol–water partition coefficient (Wildman–Crippen LogP) is 9.92. The molecule has 0 aliphatic carbocycles. The number of nitrogens with zero attached hydrogens (tertiary/aromatic N) is 9. The van der Waals surface area contributed by atoms with E-state index in [1.165, 1.54) is 4.90 Å². The van der Waals surface area contributed by atoms with Crippen molar-refractivity contribution in [1.29, 1.82) is 0 Å². The molecule has 0 heterocycles. The third kappa shape index (κ3) is 40.4. The van der Waals surface area contributed by atoms with Crippen molar-refractivity contribution >= 4 is 40.0 Å². The van der Waals surface area contributed by atoms with Gasteiger partial charge in [-0.3, -0.25) is 9.59 Å². The first-order valence-electron chi connectivity index (χ1n) is 21.9. The van der Waals surface area contributed by atoms with Gasteiger partial charge < -0.3 is 39.3 Å². The molecule has 368 valence electrons. The van der Waals surface area contributed by atoms with Crippen LogP contribution in [-0.4, -0.2) is 139 Å². The summed E-state index contributed by atoms with van der Waals surface area (Å²) < 4.78 is 16.6. The van der Waals surface area contributed by atoms with Gasteiger partial charge in [0.2, 0.25) is 5.91 Å². The van der Waals surface area contributed by atoms with Crippen molar-refractivity contribution in [3.63, 3.8) is 0 Å². The number of hydrogen-bond donors (Lipinski definition) is 2. The van der Waals surface area contributed by atoms with Gasteiger partial charge in [0, 0.05) is 80.9 Å². The van der Waals surface area contributed by atoms with Crippen LogP contribution in [0.4, 0.5) is 9.59 Å². The Bertz CT molecular complexity index is 1480. The number of rotatable bonds is 24. The average Bonchev–Trinajstić information content (AvgIpc) is 3.22. The van der Waals surface area contributed by atoms with Gasteiger partial charge in [-0.05, 0) is 111 Å². The molecule has 0 aliphatic heterocycles. The van der Waals surface area contributed by atoms with Crippen LogP contribution in [-0.2, 0) is 23.8 Å². The van der Waals surface area contributed by atoms with Gasteiger partial charge in [-0.15, -0.1) is 12.8 Å². The van der Waals surface area contributed by atoms with E-state index in [0.717, 1.165) is 25.9 Å². The minimum Gasteiger partial charge on any atom is -0.481 e. The zero-order valence-electron chi connectivity index (χ0n) is 41.7. The zero-order chi connectivity index (χ0) is 50.5. The summed E-state index contributed by atoms with van der Waals surface area (Å²) in [7, 11) is 3.46. The number of halogens is 1. The molecule has 19 heteroatoms. The van der Waals surface area contributed by atoms with Crippen molar-refractivity contribution in [3.05, 3.63) is 20.9 Å². The molecule has 6 atom stereocenters. The van der Waals surface area contributed by atoms with Crippen LogP contribution in [0.5, 0.6) is 0 Å². The van der Waals surface area contributed by atoms with Gasteiger partial charge in [0.05, 0.1) is 18.0 Å². The maximum absolute atomic E-state index is 12.8. The van der Waals surface area contributed by atoms with Crippen molar-refractivity contribution in [2.75, 3.05) is 65.3 Å². The fourth-order valence-corrected chi connectivity index (χ4v) is 5.01. The minimum absolute atomic E-state index is 0.00513. The number of carbonyl (C=O) groups is 4. The standard InChI is InChI=1S/C22H39N5O4.C16H34N2O2.C4H7N3O2.C3H3Br/c1-9-14-30-19(16-26(8)21(29)31-22(5,6)7)17(3)15-27(18(4)10-2)20(28)12-11-13-24-25-23;1-9-14(4)17-10-12(2)13(3)11-18(8)15(19)20-16(5,6)7;5-7-6-3-1-2-4(8)9;1-2-3-4/h1,17-19H,10-16H2,2-8H3;12-14,17H,9-11H2,1-8H3;1-3H2,(H,8,9);1H,3H2. The molecule has 0 aromatic carbocycles. The Morgan fingerprint density at radius 3 is 1.62 bits per heavy atom. The molecule has 0 bridgehead atoms. The summed E-state index contributed by atoms with van der Waals surface area (Å²) in [6.45, 7) is 29.0. The molecule has 0 radical (unpaired) electrons. The van der Waals surface area contributed by atoms with Crippen molar-refractivity contribution < 1.29 is 38.5 Å². The van der Waals surface area contributed by atoms with E-state index in [1.807, 2.05) is 67.2 Å². The number of aliphatic carboxylic acids is 1. The van der Waals surface area contributed by atoms with Gasteiger partial charge in [-0.2, -0.15) is 0 Å². The van der Waals surface area contributed by atoms with E-state index in [2.05, 4.69) is 80.8 Å². The van der Waals surface area contributed by atoms with Crippen LogP contribution >= 0.6 is 15.9 Å². The molecule has 0 aromatic rings. The number of amides is 3. The summed E-state index contributed by atoms with van der Waals surface area (Å²) in [6, 6.07) is 0.597. The molecule has 0 fully saturated rings. The largest absolute Gasteiger partial charge is 0.481 e. The monoisotopic (exact) mass is 971 g/mol. The first-order chi connectivity index (χ1) is 29.7. The number of carbonyl (C=O) groups excluding carboxylic acids is 3. The Hall–Kier alpha value is -4.38. The van der Waals surface area contributed by atoms with Crippen LogP contribution in [0.3, 0.4) is 0 Å². The maximum Gasteiger partial charge on any atom is 0.410 e. The van der Waals surface area contributed by atoms with Crippen LogP contribution in [0.2, 0.25) is 0 Å². The minimum atomic E-state index is -0.858. The van der Waals surface area contributed by atoms with Crippen LogP contribution in [0.1, 0.15) is 129 Å². The van der Waals surface area contributed by atoms with Gasteiger partial charge >= 0.3 is 18.2 Å². The highest BCUT2D eigenvalue weighted by molar-refractivity contribution is 9.09. The van der Waals surface area contributed by atoms with E-state index in [9.17, 15) is 19.2 Å². The summed E-state index contributed by atoms with van der Waals surface area (Å²) in [5.74, 6) is 4.84. The first-order valence-corrected chi connectivity index (χ1v) is 23.0. The lowest BCUT2D eigenvalue weighted by molar-refractivity contribution is -0.137. The highest BCUT2D eigenvalue weighted by atomic mass is 79.9. The molecule has 6 unspecified atom stereocenters. The van der Waals surface area contributed by atoms with Crippen LogP contribution in [0.15, 0.2) is 10.2 Å². The molecule has 2 N–H and O–H groups in total. The second kappa shape index (κ2) is 39.0. The Labute approximate surface area is 394 Å². The highest BCUT2D eigenvalue weighted by Crippen LogP contribution is 2.18. The number of carboxylic acid groups (broad SMARTS) is 1. The van der Waals surface area contributed by atoms with Gasteiger partial charge in [0.25, 0.3) is 0 Å². The highest BCUT2D eigenvalue weighted by Gasteiger charge is 2.29. The lowest BCUT2D eigenvalue weighted by Gasteiger charge is -2.35. The first kappa shape index (κ1) is 66.2. The molecule has 0 aliphatic rings. The number of carboxylic acids is 1. The molecule has 0 saturated heterocycles. The molecular weight excluding hydrogens is 888 g/mol. The number of alkyl halides is 1. The number of nitrogens with one attached hydrogen (secondary N) is 1. The molecule has 64 heavy (non-hydrogen) atoms. The van der Waals surface area contributed by atoms with E-state index in [4.69, 9.17) is 43.2 Å². The summed E-state index contributed by atoms with van der Waals surface area (Å²) in [5.41, 5.74) is 15.1. The fraction of sp³-hybridized carbons (Fsp3) is 0.822. The molecular formula is C45H83BrN10O8. The van der Waals surface area contributed by atoms with Crippen molar-refractivity contribution in [3.8, 4) is 24.7 Å². The van der Waals surface area contributed by atoms with Crippen molar-refractivity contribution in [2.24, 2.45) is 28.0 Å².